The fourth-order valence-electron chi connectivity index (χ4n) is 2.21. The van der Waals surface area contributed by atoms with Crippen LogP contribution in [0.1, 0.15) is 11.8 Å². The SMILES string of the molecule is CN(C)C(CNC(=O)C(=O)Nc1ccccc1[N+](=O)[O-])c1ccco1. The first-order valence-electron chi connectivity index (χ1n) is 7.42. The molecule has 1 unspecified atom stereocenters. The van der Waals surface area contributed by atoms with Crippen molar-refractivity contribution in [3.8, 4) is 0 Å². The van der Waals surface area contributed by atoms with Gasteiger partial charge < -0.3 is 15.1 Å². The van der Waals surface area contributed by atoms with Gasteiger partial charge in [0.05, 0.1) is 17.2 Å². The van der Waals surface area contributed by atoms with Gasteiger partial charge in [0.15, 0.2) is 0 Å². The van der Waals surface area contributed by atoms with Gasteiger partial charge in [-0.15, -0.1) is 0 Å². The van der Waals surface area contributed by atoms with Gasteiger partial charge in [-0.25, -0.2) is 0 Å². The minimum absolute atomic E-state index is 0.0390. The number of nitro groups is 1. The van der Waals surface area contributed by atoms with Crippen LogP contribution in [0.2, 0.25) is 0 Å². The summed E-state index contributed by atoms with van der Waals surface area (Å²) in [5, 5.41) is 15.7. The molecule has 1 aromatic heterocycles. The van der Waals surface area contributed by atoms with E-state index in [2.05, 4.69) is 10.6 Å². The molecule has 0 aliphatic rings. The second kappa shape index (κ2) is 8.06. The summed E-state index contributed by atoms with van der Waals surface area (Å²) in [5.41, 5.74) is -0.326. The van der Waals surface area contributed by atoms with Crippen molar-refractivity contribution in [1.82, 2.24) is 10.2 Å². The van der Waals surface area contributed by atoms with Gasteiger partial charge in [-0.3, -0.25) is 24.6 Å². The number of nitrogens with one attached hydrogen (secondary N) is 2. The van der Waals surface area contributed by atoms with Crippen molar-refractivity contribution < 1.29 is 18.9 Å². The molecule has 1 aromatic carbocycles. The molecular formula is C16H18N4O5. The lowest BCUT2D eigenvalue weighted by molar-refractivity contribution is -0.383. The van der Waals surface area contributed by atoms with Gasteiger partial charge >= 0.3 is 11.8 Å². The molecule has 0 aliphatic carbocycles. The van der Waals surface area contributed by atoms with Crippen LogP contribution in [0.15, 0.2) is 47.1 Å². The summed E-state index contributed by atoms with van der Waals surface area (Å²) in [4.78, 5) is 36.1. The molecule has 0 bridgehead atoms. The lowest BCUT2D eigenvalue weighted by atomic mass is 10.2. The monoisotopic (exact) mass is 346 g/mol. The molecule has 2 aromatic rings. The molecule has 2 N–H and O–H groups in total. The topological polar surface area (TPSA) is 118 Å². The van der Waals surface area contributed by atoms with E-state index in [-0.39, 0.29) is 24.0 Å². The van der Waals surface area contributed by atoms with Crippen LogP contribution < -0.4 is 10.6 Å². The second-order valence-corrected chi connectivity index (χ2v) is 5.43. The Balaban J connectivity index is 1.99. The van der Waals surface area contributed by atoms with Gasteiger partial charge in [-0.1, -0.05) is 12.1 Å². The molecule has 0 saturated carbocycles. The maximum Gasteiger partial charge on any atom is 0.313 e. The average Bonchev–Trinajstić information content (AvgIpc) is 3.09. The standard InChI is InChI=1S/C16H18N4O5/c1-19(2)13(14-8-5-9-25-14)10-17-15(21)16(22)18-11-6-3-4-7-12(11)20(23)24/h3-9,13H,10H2,1-2H3,(H,17,21)(H,18,22). The normalized spacial score (nSPS) is 11.8. The Kier molecular flexibility index (Phi) is 5.85. The Hall–Kier alpha value is -3.20. The Labute approximate surface area is 143 Å². The molecule has 1 heterocycles. The smallest absolute Gasteiger partial charge is 0.313 e. The number of carbonyl (C=O) groups is 2. The van der Waals surface area contributed by atoms with Crippen LogP contribution in [-0.4, -0.2) is 42.3 Å². The number of carbonyl (C=O) groups excluding carboxylic acids is 2. The maximum atomic E-state index is 12.0. The minimum Gasteiger partial charge on any atom is -0.468 e. The minimum atomic E-state index is -0.980. The van der Waals surface area contributed by atoms with Crippen LogP contribution in [0.3, 0.4) is 0 Å². The number of rotatable bonds is 6. The summed E-state index contributed by atoms with van der Waals surface area (Å²) in [6.07, 6.45) is 1.52. The number of hydrogen-bond acceptors (Lipinski definition) is 6. The molecule has 2 rings (SSSR count). The molecule has 9 heteroatoms. The molecule has 1 atom stereocenters. The van der Waals surface area contributed by atoms with E-state index in [1.165, 1.54) is 30.5 Å². The van der Waals surface area contributed by atoms with E-state index in [1.807, 2.05) is 19.0 Å². The summed E-state index contributed by atoms with van der Waals surface area (Å²) < 4.78 is 5.32. The predicted molar refractivity (Wildman–Crippen MR) is 89.9 cm³/mol. The molecular weight excluding hydrogens is 328 g/mol. The van der Waals surface area contributed by atoms with E-state index in [1.54, 1.807) is 12.1 Å². The first kappa shape index (κ1) is 18.1. The van der Waals surface area contributed by atoms with E-state index in [0.717, 1.165) is 0 Å². The number of benzene rings is 1. The van der Waals surface area contributed by atoms with Crippen LogP contribution in [0.4, 0.5) is 11.4 Å². The molecule has 132 valence electrons. The molecule has 2 amide bonds. The molecule has 0 spiro atoms. The molecule has 0 saturated heterocycles. The quantitative estimate of drug-likeness (QED) is 0.465. The van der Waals surface area contributed by atoms with E-state index in [4.69, 9.17) is 4.42 Å². The average molecular weight is 346 g/mol. The Morgan fingerprint density at radius 2 is 1.92 bits per heavy atom. The highest BCUT2D eigenvalue weighted by Crippen LogP contribution is 2.23. The third kappa shape index (κ3) is 4.64. The van der Waals surface area contributed by atoms with E-state index in [9.17, 15) is 19.7 Å². The number of furan rings is 1. The van der Waals surface area contributed by atoms with Crippen molar-refractivity contribution in [2.75, 3.05) is 26.0 Å². The molecule has 0 fully saturated rings. The van der Waals surface area contributed by atoms with Crippen molar-refractivity contribution in [3.63, 3.8) is 0 Å². The van der Waals surface area contributed by atoms with E-state index >= 15 is 0 Å². The Morgan fingerprint density at radius 1 is 1.20 bits per heavy atom. The fraction of sp³-hybridized carbons (Fsp3) is 0.250. The largest absolute Gasteiger partial charge is 0.468 e. The summed E-state index contributed by atoms with van der Waals surface area (Å²) >= 11 is 0. The van der Waals surface area contributed by atoms with Crippen LogP contribution >= 0.6 is 0 Å². The number of amides is 2. The second-order valence-electron chi connectivity index (χ2n) is 5.43. The highest BCUT2D eigenvalue weighted by atomic mass is 16.6. The molecule has 25 heavy (non-hydrogen) atoms. The molecule has 0 radical (unpaired) electrons. The number of nitrogens with zero attached hydrogens (tertiary/aromatic N) is 2. The fourth-order valence-corrected chi connectivity index (χ4v) is 2.21. The van der Waals surface area contributed by atoms with Crippen molar-refractivity contribution in [3.05, 3.63) is 58.5 Å². The van der Waals surface area contributed by atoms with E-state index in [0.29, 0.717) is 5.76 Å². The first-order chi connectivity index (χ1) is 11.9. The maximum absolute atomic E-state index is 12.0. The Morgan fingerprint density at radius 3 is 2.52 bits per heavy atom. The lowest BCUT2D eigenvalue weighted by Crippen LogP contribution is -2.40. The zero-order chi connectivity index (χ0) is 18.4. The number of para-hydroxylation sites is 2. The molecule has 0 aliphatic heterocycles. The van der Waals surface area contributed by atoms with Gasteiger partial charge in [0, 0.05) is 12.6 Å². The van der Waals surface area contributed by atoms with Gasteiger partial charge in [-0.05, 0) is 32.3 Å². The highest BCUT2D eigenvalue weighted by molar-refractivity contribution is 6.39. The van der Waals surface area contributed by atoms with Crippen molar-refractivity contribution in [1.29, 1.82) is 0 Å². The summed E-state index contributed by atoms with van der Waals surface area (Å²) in [7, 11) is 3.62. The van der Waals surface area contributed by atoms with Crippen molar-refractivity contribution in [2.24, 2.45) is 0 Å². The third-order valence-corrected chi connectivity index (χ3v) is 3.51. The van der Waals surface area contributed by atoms with Crippen molar-refractivity contribution >= 4 is 23.2 Å². The number of nitro benzene ring substituents is 1. The lowest BCUT2D eigenvalue weighted by Gasteiger charge is -2.22. The highest BCUT2D eigenvalue weighted by Gasteiger charge is 2.22. The zero-order valence-corrected chi connectivity index (χ0v) is 13.8. The van der Waals surface area contributed by atoms with Crippen LogP contribution in [0.25, 0.3) is 0 Å². The number of likely N-dealkylation sites (N-methyl/N-ethyl adjacent to an activating group) is 1. The number of hydrogen-bond donors (Lipinski definition) is 2. The number of anilines is 1. The van der Waals surface area contributed by atoms with Crippen LogP contribution in [0, 0.1) is 10.1 Å². The Bertz CT molecular complexity index is 758. The summed E-state index contributed by atoms with van der Waals surface area (Å²) in [5.74, 6) is -1.23. The third-order valence-electron chi connectivity index (χ3n) is 3.51. The molecule has 9 nitrogen and oxygen atoms in total. The van der Waals surface area contributed by atoms with Gasteiger partial charge in [-0.2, -0.15) is 0 Å². The van der Waals surface area contributed by atoms with Crippen LogP contribution in [0.5, 0.6) is 0 Å². The summed E-state index contributed by atoms with van der Waals surface area (Å²) in [6, 6.07) is 8.84. The summed E-state index contributed by atoms with van der Waals surface area (Å²) in [6.45, 7) is 0.143. The van der Waals surface area contributed by atoms with Gasteiger partial charge in [0.1, 0.15) is 11.4 Å². The zero-order valence-electron chi connectivity index (χ0n) is 13.8. The predicted octanol–water partition coefficient (Wildman–Crippen LogP) is 1.55. The van der Waals surface area contributed by atoms with Crippen LogP contribution in [-0.2, 0) is 9.59 Å². The first-order valence-corrected chi connectivity index (χ1v) is 7.42. The van der Waals surface area contributed by atoms with Gasteiger partial charge in [0.2, 0.25) is 0 Å². The van der Waals surface area contributed by atoms with Crippen molar-refractivity contribution in [2.45, 2.75) is 6.04 Å². The van der Waals surface area contributed by atoms with Gasteiger partial charge in [0.25, 0.3) is 5.69 Å². The van der Waals surface area contributed by atoms with E-state index < -0.39 is 16.7 Å².